The highest BCUT2D eigenvalue weighted by Crippen LogP contribution is 2.19. The molecule has 1 aromatic rings. The lowest BCUT2D eigenvalue weighted by Gasteiger charge is -2.19. The normalized spacial score (nSPS) is 12.7. The molecule has 8 heteroatoms. The van der Waals surface area contributed by atoms with Crippen molar-refractivity contribution in [3.63, 3.8) is 0 Å². The third-order valence-electron chi connectivity index (χ3n) is 1.79. The van der Waals surface area contributed by atoms with E-state index in [1.54, 1.807) is 6.92 Å². The minimum absolute atomic E-state index is 0.0133. The molecule has 1 heterocycles. The summed E-state index contributed by atoms with van der Waals surface area (Å²) in [6, 6.07) is 0. The van der Waals surface area contributed by atoms with Crippen LogP contribution >= 0.6 is 11.3 Å². The number of nitrogens with zero attached hydrogens (tertiary/aromatic N) is 1. The summed E-state index contributed by atoms with van der Waals surface area (Å²) in [5, 5.41) is 9.42. The van der Waals surface area contributed by atoms with Crippen molar-refractivity contribution in [2.75, 3.05) is 0 Å². The summed E-state index contributed by atoms with van der Waals surface area (Å²) < 4.78 is 25.6. The van der Waals surface area contributed by atoms with E-state index in [4.69, 9.17) is 5.11 Å². The van der Waals surface area contributed by atoms with Gasteiger partial charge in [-0.3, -0.25) is 4.79 Å². The van der Waals surface area contributed by atoms with Crippen LogP contribution in [-0.4, -0.2) is 30.0 Å². The molecule has 0 aliphatic carbocycles. The lowest BCUT2D eigenvalue weighted by molar-refractivity contribution is -0.142. The number of nitrogens with one attached hydrogen (secondary N) is 1. The third-order valence-corrected chi connectivity index (χ3v) is 4.82. The van der Waals surface area contributed by atoms with E-state index in [0.717, 1.165) is 11.3 Å². The van der Waals surface area contributed by atoms with Gasteiger partial charge in [0.2, 0.25) is 0 Å². The molecule has 2 N–H and O–H groups in total. The topological polar surface area (TPSA) is 96.4 Å². The number of aliphatic carboxylic acids is 1. The molecular formula is C8H12N2O4S2. The predicted octanol–water partition coefficient (Wildman–Crippen LogP) is 0.593. The maximum atomic E-state index is 11.8. The zero-order valence-electron chi connectivity index (χ0n) is 9.01. The summed E-state index contributed by atoms with van der Waals surface area (Å²) in [6.45, 7) is 4.23. The van der Waals surface area contributed by atoms with Crippen molar-refractivity contribution in [1.29, 1.82) is 0 Å². The van der Waals surface area contributed by atoms with Crippen molar-refractivity contribution < 1.29 is 18.3 Å². The average Bonchev–Trinajstić information content (AvgIpc) is 2.50. The van der Waals surface area contributed by atoms with Gasteiger partial charge in [0.15, 0.2) is 4.21 Å². The number of carboxylic acids is 1. The summed E-state index contributed by atoms with van der Waals surface area (Å²) in [6.07, 6.45) is 1.21. The van der Waals surface area contributed by atoms with Gasteiger partial charge >= 0.3 is 5.97 Å². The van der Waals surface area contributed by atoms with Crippen LogP contribution in [-0.2, 0) is 14.8 Å². The van der Waals surface area contributed by atoms with Gasteiger partial charge in [-0.1, -0.05) is 0 Å². The number of hydrogen-bond acceptors (Lipinski definition) is 5. The standard InChI is InChI=1S/C8H12N2O4S2/c1-5-9-4-6(15-5)16(13,14)10-8(2,3)7(11)12/h4,10H,1-3H3,(H,11,12). The molecule has 0 saturated heterocycles. The molecule has 16 heavy (non-hydrogen) atoms. The van der Waals surface area contributed by atoms with E-state index in [0.29, 0.717) is 5.01 Å². The van der Waals surface area contributed by atoms with Crippen molar-refractivity contribution in [1.82, 2.24) is 9.71 Å². The van der Waals surface area contributed by atoms with Gasteiger partial charge in [-0.25, -0.2) is 13.4 Å². The third kappa shape index (κ3) is 2.77. The number of sulfonamides is 1. The van der Waals surface area contributed by atoms with Crippen molar-refractivity contribution >= 4 is 27.3 Å². The Labute approximate surface area is 97.4 Å². The Balaban J connectivity index is 3.02. The van der Waals surface area contributed by atoms with Crippen LogP contribution in [0.3, 0.4) is 0 Å². The van der Waals surface area contributed by atoms with E-state index in [1.165, 1.54) is 20.0 Å². The quantitative estimate of drug-likeness (QED) is 0.829. The van der Waals surface area contributed by atoms with Gasteiger partial charge < -0.3 is 5.11 Å². The molecule has 0 fully saturated rings. The fourth-order valence-electron chi connectivity index (χ4n) is 0.896. The predicted molar refractivity (Wildman–Crippen MR) is 58.9 cm³/mol. The Morgan fingerprint density at radius 3 is 2.50 bits per heavy atom. The maximum Gasteiger partial charge on any atom is 0.324 e. The molecule has 0 aromatic carbocycles. The van der Waals surface area contributed by atoms with E-state index in [-0.39, 0.29) is 4.21 Å². The average molecular weight is 264 g/mol. The lowest BCUT2D eigenvalue weighted by atomic mass is 10.1. The first-order valence-corrected chi connectivity index (χ1v) is 6.65. The molecule has 0 bridgehead atoms. The zero-order valence-corrected chi connectivity index (χ0v) is 10.6. The highest BCUT2D eigenvalue weighted by molar-refractivity contribution is 7.91. The molecule has 0 amide bonds. The number of carboxylic acid groups (broad SMARTS) is 1. The van der Waals surface area contributed by atoms with Crippen molar-refractivity contribution in [3.8, 4) is 0 Å². The van der Waals surface area contributed by atoms with E-state index in [9.17, 15) is 13.2 Å². The second kappa shape index (κ2) is 4.11. The number of rotatable bonds is 4. The molecule has 0 aliphatic rings. The SMILES string of the molecule is Cc1ncc(S(=O)(=O)NC(C)(C)C(=O)O)s1. The number of thiazole rings is 1. The molecule has 1 rings (SSSR count). The fourth-order valence-corrected chi connectivity index (χ4v) is 3.37. The van der Waals surface area contributed by atoms with Crippen LogP contribution in [0.15, 0.2) is 10.4 Å². The number of hydrogen-bond donors (Lipinski definition) is 2. The lowest BCUT2D eigenvalue weighted by Crippen LogP contribution is -2.49. The van der Waals surface area contributed by atoms with E-state index < -0.39 is 21.5 Å². The molecule has 0 spiro atoms. The maximum absolute atomic E-state index is 11.8. The molecule has 0 radical (unpaired) electrons. The summed E-state index contributed by atoms with van der Waals surface area (Å²) in [4.78, 5) is 14.6. The largest absolute Gasteiger partial charge is 0.480 e. The molecule has 1 aromatic heterocycles. The fraction of sp³-hybridized carbons (Fsp3) is 0.500. The van der Waals surface area contributed by atoms with Gasteiger partial charge in [0.25, 0.3) is 10.0 Å². The van der Waals surface area contributed by atoms with Gasteiger partial charge in [-0.05, 0) is 20.8 Å². The van der Waals surface area contributed by atoms with Crippen molar-refractivity contribution in [2.24, 2.45) is 0 Å². The number of aromatic nitrogens is 1. The summed E-state index contributed by atoms with van der Waals surface area (Å²) >= 11 is 0.993. The van der Waals surface area contributed by atoms with Crippen LogP contribution in [0.2, 0.25) is 0 Å². The molecule has 90 valence electrons. The van der Waals surface area contributed by atoms with Crippen molar-refractivity contribution in [3.05, 3.63) is 11.2 Å². The first-order valence-electron chi connectivity index (χ1n) is 4.35. The smallest absolute Gasteiger partial charge is 0.324 e. The second-order valence-corrected chi connectivity index (χ2v) is 6.88. The first-order chi connectivity index (χ1) is 7.15. The zero-order chi connectivity index (χ0) is 12.6. The first kappa shape index (κ1) is 13.1. The van der Waals surface area contributed by atoms with Gasteiger partial charge in [-0.2, -0.15) is 4.72 Å². The van der Waals surface area contributed by atoms with Crippen molar-refractivity contribution in [2.45, 2.75) is 30.5 Å². The molecule has 6 nitrogen and oxygen atoms in total. The molecule has 0 aliphatic heterocycles. The van der Waals surface area contributed by atoms with Gasteiger partial charge in [-0.15, -0.1) is 11.3 Å². The highest BCUT2D eigenvalue weighted by atomic mass is 32.2. The molecule has 0 unspecified atom stereocenters. The minimum atomic E-state index is -3.82. The van der Waals surface area contributed by atoms with Crippen LogP contribution in [0.4, 0.5) is 0 Å². The Morgan fingerprint density at radius 2 is 2.12 bits per heavy atom. The van der Waals surface area contributed by atoms with Crippen LogP contribution in [0.25, 0.3) is 0 Å². The van der Waals surface area contributed by atoms with Crippen LogP contribution in [0, 0.1) is 6.92 Å². The number of carbonyl (C=O) groups is 1. The summed E-state index contributed by atoms with van der Waals surface area (Å²) in [7, 11) is -3.82. The Kier molecular flexibility index (Phi) is 3.36. The van der Waals surface area contributed by atoms with Gasteiger partial charge in [0.05, 0.1) is 11.2 Å². The Hall–Kier alpha value is -0.990. The Bertz CT molecular complexity index is 504. The molecule has 0 atom stereocenters. The number of aryl methyl sites for hydroxylation is 1. The van der Waals surface area contributed by atoms with Gasteiger partial charge in [0, 0.05) is 0 Å². The Morgan fingerprint density at radius 1 is 1.56 bits per heavy atom. The van der Waals surface area contributed by atoms with Crippen LogP contribution in [0.5, 0.6) is 0 Å². The van der Waals surface area contributed by atoms with E-state index in [2.05, 4.69) is 9.71 Å². The highest BCUT2D eigenvalue weighted by Gasteiger charge is 2.33. The molecular weight excluding hydrogens is 252 g/mol. The second-order valence-electron chi connectivity index (χ2n) is 3.73. The van der Waals surface area contributed by atoms with E-state index in [1.807, 2.05) is 0 Å². The summed E-state index contributed by atoms with van der Waals surface area (Å²) in [5.41, 5.74) is -1.54. The minimum Gasteiger partial charge on any atom is -0.480 e. The molecule has 0 saturated carbocycles. The van der Waals surface area contributed by atoms with E-state index >= 15 is 0 Å². The van der Waals surface area contributed by atoms with Crippen LogP contribution in [0.1, 0.15) is 18.9 Å². The van der Waals surface area contributed by atoms with Crippen LogP contribution < -0.4 is 4.72 Å². The monoisotopic (exact) mass is 264 g/mol. The summed E-state index contributed by atoms with van der Waals surface area (Å²) in [5.74, 6) is -1.24. The van der Waals surface area contributed by atoms with Gasteiger partial charge in [0.1, 0.15) is 5.54 Å².